The normalized spacial score (nSPS) is 11.3. The smallest absolute Gasteiger partial charge is 0.282 e. The van der Waals surface area contributed by atoms with Crippen LogP contribution in [-0.2, 0) is 0 Å². The maximum absolute atomic E-state index is 12.2. The minimum absolute atomic E-state index is 0.263. The number of fused-ring (bicyclic) bond motifs is 4. The molecule has 0 unspecified atom stereocenters. The van der Waals surface area contributed by atoms with Gasteiger partial charge in [0.15, 0.2) is 5.65 Å². The molecule has 0 fully saturated rings. The Morgan fingerprint density at radius 3 is 2.86 bits per heavy atom. The van der Waals surface area contributed by atoms with E-state index in [1.807, 2.05) is 47.0 Å². The van der Waals surface area contributed by atoms with E-state index in [1.54, 1.807) is 13.2 Å². The van der Waals surface area contributed by atoms with Crippen LogP contribution in [0.2, 0.25) is 0 Å². The minimum Gasteiger partial charge on any atom is -0.497 e. The fourth-order valence-corrected chi connectivity index (χ4v) is 2.47. The maximum Gasteiger partial charge on any atom is 0.282 e. The molecule has 102 valence electrons. The van der Waals surface area contributed by atoms with Crippen LogP contribution in [0.4, 0.5) is 0 Å². The minimum atomic E-state index is -0.263. The fraction of sp³-hybridized carbons (Fsp3) is 0.0625. The summed E-state index contributed by atoms with van der Waals surface area (Å²) in [5.41, 5.74) is 1.71. The SMILES string of the molecule is COc1ccc2cc3c(=O)nc4ccccn4c3nc2c1. The molecule has 0 spiro atoms. The second kappa shape index (κ2) is 4.28. The van der Waals surface area contributed by atoms with Gasteiger partial charge in [-0.15, -0.1) is 0 Å². The highest BCUT2D eigenvalue weighted by Crippen LogP contribution is 2.22. The average molecular weight is 277 g/mol. The molecule has 4 aromatic rings. The number of pyridine rings is 2. The largest absolute Gasteiger partial charge is 0.497 e. The first-order valence-electron chi connectivity index (χ1n) is 6.52. The lowest BCUT2D eigenvalue weighted by Crippen LogP contribution is -2.11. The van der Waals surface area contributed by atoms with Crippen LogP contribution < -0.4 is 10.3 Å². The van der Waals surface area contributed by atoms with Gasteiger partial charge in [-0.2, -0.15) is 4.98 Å². The van der Waals surface area contributed by atoms with Gasteiger partial charge in [0.05, 0.1) is 18.0 Å². The van der Waals surface area contributed by atoms with E-state index in [0.717, 1.165) is 16.7 Å². The van der Waals surface area contributed by atoms with E-state index < -0.39 is 0 Å². The molecule has 0 aliphatic heterocycles. The Labute approximate surface area is 119 Å². The highest BCUT2D eigenvalue weighted by Gasteiger charge is 2.08. The molecule has 0 aliphatic carbocycles. The van der Waals surface area contributed by atoms with E-state index in [2.05, 4.69) is 9.97 Å². The van der Waals surface area contributed by atoms with Gasteiger partial charge in [-0.05, 0) is 30.3 Å². The van der Waals surface area contributed by atoms with Crippen molar-refractivity contribution in [3.05, 3.63) is 59.0 Å². The molecule has 3 aromatic heterocycles. The van der Waals surface area contributed by atoms with Crippen LogP contribution in [-0.4, -0.2) is 21.5 Å². The molecule has 4 rings (SSSR count). The van der Waals surface area contributed by atoms with Gasteiger partial charge in [0.25, 0.3) is 5.56 Å². The number of hydrogen-bond donors (Lipinski definition) is 0. The number of nitrogens with zero attached hydrogens (tertiary/aromatic N) is 3. The van der Waals surface area contributed by atoms with Crippen LogP contribution in [0.25, 0.3) is 27.6 Å². The van der Waals surface area contributed by atoms with Gasteiger partial charge in [-0.25, -0.2) is 4.98 Å². The van der Waals surface area contributed by atoms with Gasteiger partial charge in [0.2, 0.25) is 0 Å². The van der Waals surface area contributed by atoms with Crippen LogP contribution in [0.3, 0.4) is 0 Å². The molecule has 0 bridgehead atoms. The predicted octanol–water partition coefficient (Wildman–Crippen LogP) is 2.40. The van der Waals surface area contributed by atoms with Crippen molar-refractivity contribution in [1.82, 2.24) is 14.4 Å². The van der Waals surface area contributed by atoms with Crippen molar-refractivity contribution in [2.75, 3.05) is 7.11 Å². The zero-order chi connectivity index (χ0) is 14.4. The first-order valence-corrected chi connectivity index (χ1v) is 6.52. The molecule has 0 radical (unpaired) electrons. The lowest BCUT2D eigenvalue weighted by atomic mass is 10.2. The molecule has 5 nitrogen and oxygen atoms in total. The molecule has 0 N–H and O–H groups in total. The van der Waals surface area contributed by atoms with Gasteiger partial charge in [-0.1, -0.05) is 6.07 Å². The summed E-state index contributed by atoms with van der Waals surface area (Å²) in [4.78, 5) is 20.9. The molecular weight excluding hydrogens is 266 g/mol. The van der Waals surface area contributed by atoms with Crippen molar-refractivity contribution in [2.24, 2.45) is 0 Å². The van der Waals surface area contributed by atoms with E-state index in [0.29, 0.717) is 16.7 Å². The third kappa shape index (κ3) is 1.74. The predicted molar refractivity (Wildman–Crippen MR) is 80.8 cm³/mol. The Morgan fingerprint density at radius 1 is 1.10 bits per heavy atom. The third-order valence-corrected chi connectivity index (χ3v) is 3.52. The molecule has 5 heteroatoms. The Kier molecular flexibility index (Phi) is 2.41. The number of benzene rings is 1. The van der Waals surface area contributed by atoms with Gasteiger partial charge in [0, 0.05) is 17.6 Å². The Hall–Kier alpha value is -2.95. The summed E-state index contributed by atoms with van der Waals surface area (Å²) in [6.45, 7) is 0. The van der Waals surface area contributed by atoms with E-state index in [4.69, 9.17) is 4.74 Å². The van der Waals surface area contributed by atoms with Crippen molar-refractivity contribution in [1.29, 1.82) is 0 Å². The van der Waals surface area contributed by atoms with Crippen molar-refractivity contribution >= 4 is 27.6 Å². The number of rotatable bonds is 1. The Bertz CT molecular complexity index is 1050. The van der Waals surface area contributed by atoms with Gasteiger partial charge in [-0.3, -0.25) is 9.20 Å². The number of aromatic nitrogens is 3. The van der Waals surface area contributed by atoms with Crippen LogP contribution >= 0.6 is 0 Å². The molecule has 3 heterocycles. The zero-order valence-corrected chi connectivity index (χ0v) is 11.3. The summed E-state index contributed by atoms with van der Waals surface area (Å²) >= 11 is 0. The summed E-state index contributed by atoms with van der Waals surface area (Å²) in [5.74, 6) is 0.736. The molecule has 0 atom stereocenters. The molecule has 0 saturated carbocycles. The quantitative estimate of drug-likeness (QED) is 0.396. The summed E-state index contributed by atoms with van der Waals surface area (Å²) in [6.07, 6.45) is 1.85. The van der Waals surface area contributed by atoms with E-state index in [1.165, 1.54) is 0 Å². The summed E-state index contributed by atoms with van der Waals surface area (Å²) in [6, 6.07) is 12.9. The summed E-state index contributed by atoms with van der Waals surface area (Å²) in [5, 5.41) is 1.40. The molecule has 0 saturated heterocycles. The van der Waals surface area contributed by atoms with Crippen LogP contribution in [0.15, 0.2) is 53.5 Å². The Balaban J connectivity index is 2.23. The summed E-state index contributed by atoms with van der Waals surface area (Å²) < 4.78 is 7.04. The van der Waals surface area contributed by atoms with Crippen LogP contribution in [0.1, 0.15) is 0 Å². The Morgan fingerprint density at radius 2 is 2.00 bits per heavy atom. The molecule has 0 amide bonds. The van der Waals surface area contributed by atoms with Crippen LogP contribution in [0, 0.1) is 0 Å². The first kappa shape index (κ1) is 11.8. The molecule has 0 aliphatic rings. The average Bonchev–Trinajstić information content (AvgIpc) is 2.53. The molecule has 21 heavy (non-hydrogen) atoms. The second-order valence-corrected chi connectivity index (χ2v) is 4.76. The maximum atomic E-state index is 12.2. The van der Waals surface area contributed by atoms with E-state index >= 15 is 0 Å². The van der Waals surface area contributed by atoms with Gasteiger partial charge >= 0.3 is 0 Å². The monoisotopic (exact) mass is 277 g/mol. The number of hydrogen-bond acceptors (Lipinski definition) is 4. The topological polar surface area (TPSA) is 56.5 Å². The van der Waals surface area contributed by atoms with Crippen molar-refractivity contribution in [2.45, 2.75) is 0 Å². The van der Waals surface area contributed by atoms with Gasteiger partial charge in [0.1, 0.15) is 11.4 Å². The highest BCUT2D eigenvalue weighted by molar-refractivity contribution is 5.92. The van der Waals surface area contributed by atoms with Crippen molar-refractivity contribution < 1.29 is 4.74 Å². The van der Waals surface area contributed by atoms with Crippen molar-refractivity contribution in [3.63, 3.8) is 0 Å². The lowest BCUT2D eigenvalue weighted by Gasteiger charge is -2.07. The second-order valence-electron chi connectivity index (χ2n) is 4.76. The van der Waals surface area contributed by atoms with Crippen LogP contribution in [0.5, 0.6) is 5.75 Å². The van der Waals surface area contributed by atoms with Gasteiger partial charge < -0.3 is 4.74 Å². The van der Waals surface area contributed by atoms with E-state index in [9.17, 15) is 4.79 Å². The van der Waals surface area contributed by atoms with E-state index in [-0.39, 0.29) is 5.56 Å². The highest BCUT2D eigenvalue weighted by atomic mass is 16.5. The standard InChI is InChI=1S/C16H11N3O2/c1-21-11-6-5-10-8-12-15(17-13(10)9-11)19-7-3-2-4-14(19)18-16(12)20/h2-9H,1H3. The third-order valence-electron chi connectivity index (χ3n) is 3.52. The van der Waals surface area contributed by atoms with Crippen molar-refractivity contribution in [3.8, 4) is 5.75 Å². The zero-order valence-electron chi connectivity index (χ0n) is 11.3. The first-order chi connectivity index (χ1) is 10.3. The number of methoxy groups -OCH3 is 1. The molecular formula is C16H11N3O2. The lowest BCUT2D eigenvalue weighted by molar-refractivity contribution is 0.415. The summed E-state index contributed by atoms with van der Waals surface area (Å²) in [7, 11) is 1.62. The fourth-order valence-electron chi connectivity index (χ4n) is 2.47. The molecule has 1 aromatic carbocycles. The number of ether oxygens (including phenoxy) is 1.